The topological polar surface area (TPSA) is 153 Å². The van der Waals surface area contributed by atoms with Gasteiger partial charge in [-0.3, -0.25) is 15.0 Å². The minimum absolute atomic E-state index is 0.0179. The molecule has 0 unspecified atom stereocenters. The molecule has 0 aliphatic carbocycles. The second kappa shape index (κ2) is 17.3. The predicted molar refractivity (Wildman–Crippen MR) is 158 cm³/mol. The Labute approximate surface area is 228 Å². The van der Waals surface area contributed by atoms with Crippen LogP contribution in [-0.4, -0.2) is 76.5 Å². The zero-order valence-electron chi connectivity index (χ0n) is 22.7. The molecular weight excluding hydrogens is 484 g/mol. The highest BCUT2D eigenvalue weighted by atomic mass is 32.2. The van der Waals surface area contributed by atoms with Gasteiger partial charge in [-0.25, -0.2) is 4.90 Å². The molecule has 0 aromatic rings. The standard InChI is InChI=1S/C27H51N8OS/c1-2-3-4-5-6-7-8-9-10-11-15-27(36)23(37-21-17-33-26(30)31)22-24-34(19-14-20-35(24)27)18-13-12-16-32-25(28)29/h2,22,36H,1,3-21H2,(H4,28,29,32)(H4,30,31,33)/q+1/t27-/m0/s1. The summed E-state index contributed by atoms with van der Waals surface area (Å²) in [6.45, 7) is 7.83. The fourth-order valence-electron chi connectivity index (χ4n) is 5.06. The number of nitrogens with two attached hydrogens (primary N) is 3. The monoisotopic (exact) mass is 535 g/mol. The van der Waals surface area contributed by atoms with Crippen LogP contribution >= 0.6 is 11.8 Å². The van der Waals surface area contributed by atoms with Crippen LogP contribution in [0.4, 0.5) is 0 Å². The maximum absolute atomic E-state index is 12.0. The molecule has 0 amide bonds. The van der Waals surface area contributed by atoms with Crippen LogP contribution in [0.1, 0.15) is 83.5 Å². The number of allylic oxidation sites excluding steroid dienone is 1. The van der Waals surface area contributed by atoms with Gasteiger partial charge in [0.2, 0.25) is 5.72 Å². The molecule has 9 nitrogen and oxygen atoms in total. The van der Waals surface area contributed by atoms with E-state index in [1.165, 1.54) is 38.5 Å². The lowest BCUT2D eigenvalue weighted by molar-refractivity contribution is -0.539. The molecule has 0 aromatic heterocycles. The first kappa shape index (κ1) is 31.0. The van der Waals surface area contributed by atoms with Gasteiger partial charge in [0.15, 0.2) is 11.9 Å². The number of guanidine groups is 2. The van der Waals surface area contributed by atoms with Gasteiger partial charge in [0.05, 0.1) is 24.5 Å². The summed E-state index contributed by atoms with van der Waals surface area (Å²) in [6.07, 6.45) is 18.9. The van der Waals surface area contributed by atoms with E-state index < -0.39 is 5.72 Å². The molecule has 0 saturated carbocycles. The second-order valence-electron chi connectivity index (χ2n) is 10.0. The number of aliphatic imine (C=N–C) groups is 1. The summed E-state index contributed by atoms with van der Waals surface area (Å²) >= 11 is 1.67. The number of nitrogens with zero attached hydrogens (tertiary/aromatic N) is 3. The predicted octanol–water partition coefficient (Wildman–Crippen LogP) is 3.05. The van der Waals surface area contributed by atoms with Gasteiger partial charge < -0.3 is 27.6 Å². The molecular formula is C27H51N8OS+. The number of unbranched alkanes of at least 4 members (excludes halogenated alkanes) is 9. The fraction of sp³-hybridized carbons (Fsp3) is 0.741. The largest absolute Gasteiger partial charge is 0.370 e. The van der Waals surface area contributed by atoms with E-state index >= 15 is 0 Å². The van der Waals surface area contributed by atoms with Crippen molar-refractivity contribution < 1.29 is 9.68 Å². The molecule has 0 aromatic carbocycles. The Hall–Kier alpha value is -2.20. The number of amidine groups is 1. The van der Waals surface area contributed by atoms with E-state index in [1.807, 2.05) is 6.08 Å². The molecule has 1 atom stereocenters. The van der Waals surface area contributed by atoms with E-state index in [9.17, 15) is 5.11 Å². The summed E-state index contributed by atoms with van der Waals surface area (Å²) in [5.41, 5.74) is 15.4. The maximum Gasteiger partial charge on any atom is 0.275 e. The van der Waals surface area contributed by atoms with Crippen molar-refractivity contribution in [3.05, 3.63) is 23.6 Å². The summed E-state index contributed by atoms with van der Waals surface area (Å²) in [4.78, 5) is 7.33. The first-order valence-corrected chi connectivity index (χ1v) is 15.1. The normalized spacial score (nSPS) is 18.9. The number of hydrogen-bond acceptors (Lipinski definition) is 5. The van der Waals surface area contributed by atoms with Crippen LogP contribution in [-0.2, 0) is 0 Å². The van der Waals surface area contributed by atoms with E-state index in [0.717, 1.165) is 81.1 Å². The number of fused-ring (bicyclic) bond motifs is 1. The third kappa shape index (κ3) is 11.0. The van der Waals surface area contributed by atoms with Crippen LogP contribution < -0.4 is 22.5 Å². The van der Waals surface area contributed by atoms with Crippen LogP contribution in [0.5, 0.6) is 0 Å². The van der Waals surface area contributed by atoms with E-state index in [4.69, 9.17) is 22.6 Å². The van der Waals surface area contributed by atoms with Gasteiger partial charge in [-0.05, 0) is 32.1 Å². The number of rotatable bonds is 20. The third-order valence-electron chi connectivity index (χ3n) is 7.00. The highest BCUT2D eigenvalue weighted by Gasteiger charge is 2.52. The Morgan fingerprint density at radius 1 is 1.14 bits per heavy atom. The SMILES string of the molecule is C=CCCCCCCCCCC[C@]1(O)C(SCCNC(=N)N)=CC2=[N+](CCCCN=C(N)N)CCCN21. The van der Waals surface area contributed by atoms with Gasteiger partial charge >= 0.3 is 0 Å². The van der Waals surface area contributed by atoms with Crippen molar-refractivity contribution >= 4 is 29.5 Å². The van der Waals surface area contributed by atoms with Crippen LogP contribution in [0.25, 0.3) is 0 Å². The molecule has 0 spiro atoms. The summed E-state index contributed by atoms with van der Waals surface area (Å²) in [7, 11) is 0. The molecule has 9 N–H and O–H groups in total. The fourth-order valence-corrected chi connectivity index (χ4v) is 6.12. The lowest BCUT2D eigenvalue weighted by Gasteiger charge is -2.34. The van der Waals surface area contributed by atoms with Crippen molar-refractivity contribution in [2.45, 2.75) is 89.2 Å². The van der Waals surface area contributed by atoms with Gasteiger partial charge in [-0.2, -0.15) is 0 Å². The first-order chi connectivity index (χ1) is 17.9. The highest BCUT2D eigenvalue weighted by Crippen LogP contribution is 2.41. The third-order valence-corrected chi connectivity index (χ3v) is 8.16. The van der Waals surface area contributed by atoms with Crippen molar-refractivity contribution in [2.75, 3.05) is 38.5 Å². The molecule has 0 bridgehead atoms. The van der Waals surface area contributed by atoms with Crippen LogP contribution in [0, 0.1) is 5.41 Å². The molecule has 0 radical (unpaired) electrons. The van der Waals surface area contributed by atoms with Crippen LogP contribution in [0.2, 0.25) is 0 Å². The lowest BCUT2D eigenvalue weighted by Crippen LogP contribution is -2.53. The first-order valence-electron chi connectivity index (χ1n) is 14.1. The van der Waals surface area contributed by atoms with E-state index in [1.54, 1.807) is 11.8 Å². The average molecular weight is 536 g/mol. The Morgan fingerprint density at radius 3 is 2.51 bits per heavy atom. The van der Waals surface area contributed by atoms with E-state index in [0.29, 0.717) is 13.1 Å². The molecule has 10 heteroatoms. The second-order valence-corrected chi connectivity index (χ2v) is 11.2. The molecule has 37 heavy (non-hydrogen) atoms. The van der Waals surface area contributed by atoms with Gasteiger partial charge in [0.1, 0.15) is 0 Å². The molecule has 2 aliphatic rings. The Bertz CT molecular complexity index is 808. The zero-order chi connectivity index (χ0) is 26.9. The maximum atomic E-state index is 12.0. The Kier molecular flexibility index (Phi) is 14.5. The summed E-state index contributed by atoms with van der Waals surface area (Å²) in [5.74, 6) is 2.01. The van der Waals surface area contributed by atoms with Gasteiger partial charge in [0, 0.05) is 37.8 Å². The van der Waals surface area contributed by atoms with Gasteiger partial charge in [-0.1, -0.05) is 44.6 Å². The van der Waals surface area contributed by atoms with Crippen molar-refractivity contribution in [3.63, 3.8) is 0 Å². The van der Waals surface area contributed by atoms with Crippen molar-refractivity contribution in [2.24, 2.45) is 22.2 Å². The van der Waals surface area contributed by atoms with Crippen molar-refractivity contribution in [1.82, 2.24) is 10.2 Å². The zero-order valence-corrected chi connectivity index (χ0v) is 23.5. The van der Waals surface area contributed by atoms with Crippen molar-refractivity contribution in [1.29, 1.82) is 5.41 Å². The quantitative estimate of drug-likeness (QED) is 0.0460. The smallest absolute Gasteiger partial charge is 0.275 e. The molecule has 0 fully saturated rings. The number of thioether (sulfide) groups is 1. The summed E-state index contributed by atoms with van der Waals surface area (Å²) in [6, 6.07) is 0. The van der Waals surface area contributed by atoms with E-state index in [-0.39, 0.29) is 11.9 Å². The minimum Gasteiger partial charge on any atom is -0.370 e. The Morgan fingerprint density at radius 2 is 1.84 bits per heavy atom. The Balaban J connectivity index is 1.94. The van der Waals surface area contributed by atoms with Gasteiger partial charge in [-0.15, -0.1) is 18.3 Å². The summed E-state index contributed by atoms with van der Waals surface area (Å²) in [5, 5.41) is 22.3. The van der Waals surface area contributed by atoms with Crippen LogP contribution in [0.3, 0.4) is 0 Å². The lowest BCUT2D eigenvalue weighted by atomic mass is 10.0. The molecule has 0 saturated heterocycles. The highest BCUT2D eigenvalue weighted by molar-refractivity contribution is 8.03. The number of nitrogens with one attached hydrogen (secondary N) is 2. The molecule has 2 rings (SSSR count). The number of hydrogen-bond donors (Lipinski definition) is 6. The molecule has 2 aliphatic heterocycles. The van der Waals surface area contributed by atoms with Gasteiger partial charge in [0.25, 0.3) is 5.84 Å². The number of aliphatic hydroxyl groups is 1. The molecule has 210 valence electrons. The molecule has 2 heterocycles. The van der Waals surface area contributed by atoms with E-state index in [2.05, 4.69) is 32.4 Å². The summed E-state index contributed by atoms with van der Waals surface area (Å²) < 4.78 is 2.40. The van der Waals surface area contributed by atoms with Crippen molar-refractivity contribution in [3.8, 4) is 0 Å². The van der Waals surface area contributed by atoms with Crippen LogP contribution in [0.15, 0.2) is 28.6 Å². The average Bonchev–Trinajstić information content (AvgIpc) is 3.15. The minimum atomic E-state index is -0.947.